The molecular formula is C13H24N2. The van der Waals surface area contributed by atoms with Crippen LogP contribution in [-0.2, 0) is 0 Å². The SMILES string of the molecule is CCCCCNC1CCCCCC1C#N. The van der Waals surface area contributed by atoms with Crippen LogP contribution in [0.4, 0.5) is 0 Å². The molecule has 2 atom stereocenters. The summed E-state index contributed by atoms with van der Waals surface area (Å²) in [5, 5.41) is 12.7. The van der Waals surface area contributed by atoms with Crippen LogP contribution >= 0.6 is 0 Å². The van der Waals surface area contributed by atoms with Gasteiger partial charge >= 0.3 is 0 Å². The van der Waals surface area contributed by atoms with Crippen molar-refractivity contribution in [3.05, 3.63) is 0 Å². The van der Waals surface area contributed by atoms with Gasteiger partial charge in [-0.15, -0.1) is 0 Å². The fourth-order valence-corrected chi connectivity index (χ4v) is 2.37. The topological polar surface area (TPSA) is 35.8 Å². The van der Waals surface area contributed by atoms with Gasteiger partial charge in [0.1, 0.15) is 0 Å². The van der Waals surface area contributed by atoms with Gasteiger partial charge in [0.15, 0.2) is 0 Å². The van der Waals surface area contributed by atoms with Crippen LogP contribution in [0.15, 0.2) is 0 Å². The summed E-state index contributed by atoms with van der Waals surface area (Å²) in [4.78, 5) is 0. The first-order chi connectivity index (χ1) is 7.38. The van der Waals surface area contributed by atoms with Crippen molar-refractivity contribution >= 4 is 0 Å². The fourth-order valence-electron chi connectivity index (χ4n) is 2.37. The molecule has 0 heterocycles. The predicted octanol–water partition coefficient (Wildman–Crippen LogP) is 3.24. The zero-order valence-corrected chi connectivity index (χ0v) is 9.97. The molecule has 0 aromatic rings. The van der Waals surface area contributed by atoms with Gasteiger partial charge in [0, 0.05) is 6.04 Å². The summed E-state index contributed by atoms with van der Waals surface area (Å²) in [6, 6.07) is 2.94. The lowest BCUT2D eigenvalue weighted by molar-refractivity contribution is 0.390. The van der Waals surface area contributed by atoms with Crippen molar-refractivity contribution < 1.29 is 0 Å². The average molecular weight is 208 g/mol. The number of hydrogen-bond donors (Lipinski definition) is 1. The standard InChI is InChI=1S/C13H24N2/c1-2-3-7-10-15-13-9-6-4-5-8-12(13)11-14/h12-13,15H,2-10H2,1H3. The van der Waals surface area contributed by atoms with Crippen LogP contribution in [-0.4, -0.2) is 12.6 Å². The minimum absolute atomic E-state index is 0.258. The molecule has 0 aliphatic heterocycles. The Kier molecular flexibility index (Phi) is 6.43. The molecule has 1 saturated carbocycles. The number of unbranched alkanes of at least 4 members (excludes halogenated alkanes) is 2. The van der Waals surface area contributed by atoms with E-state index in [4.69, 9.17) is 5.26 Å². The third kappa shape index (κ3) is 4.66. The Balaban J connectivity index is 2.26. The predicted molar refractivity (Wildman–Crippen MR) is 63.5 cm³/mol. The summed E-state index contributed by atoms with van der Waals surface area (Å²) in [5.41, 5.74) is 0. The van der Waals surface area contributed by atoms with E-state index in [9.17, 15) is 0 Å². The molecular weight excluding hydrogens is 184 g/mol. The normalized spacial score (nSPS) is 26.9. The highest BCUT2D eigenvalue weighted by atomic mass is 14.9. The molecule has 0 bridgehead atoms. The first-order valence-corrected chi connectivity index (χ1v) is 6.51. The lowest BCUT2D eigenvalue weighted by Crippen LogP contribution is -2.35. The number of rotatable bonds is 5. The third-order valence-electron chi connectivity index (χ3n) is 3.37. The molecule has 1 rings (SSSR count). The summed E-state index contributed by atoms with van der Waals surface area (Å²) in [6.45, 7) is 3.32. The number of nitrogens with zero attached hydrogens (tertiary/aromatic N) is 1. The second kappa shape index (κ2) is 7.70. The smallest absolute Gasteiger partial charge is 0.0672 e. The van der Waals surface area contributed by atoms with Crippen LogP contribution in [0.1, 0.15) is 58.3 Å². The van der Waals surface area contributed by atoms with E-state index in [1.54, 1.807) is 0 Å². The van der Waals surface area contributed by atoms with Gasteiger partial charge in [0.05, 0.1) is 12.0 Å². The van der Waals surface area contributed by atoms with Crippen molar-refractivity contribution in [3.8, 4) is 6.07 Å². The van der Waals surface area contributed by atoms with Crippen LogP contribution in [0.25, 0.3) is 0 Å². The van der Waals surface area contributed by atoms with Gasteiger partial charge < -0.3 is 5.32 Å². The Morgan fingerprint density at radius 1 is 1.20 bits per heavy atom. The van der Waals surface area contributed by atoms with Gasteiger partial charge in [0.2, 0.25) is 0 Å². The van der Waals surface area contributed by atoms with Crippen LogP contribution < -0.4 is 5.32 Å². The number of hydrogen-bond acceptors (Lipinski definition) is 2. The van der Waals surface area contributed by atoms with Gasteiger partial charge in [-0.1, -0.05) is 39.0 Å². The van der Waals surface area contributed by atoms with E-state index in [0.29, 0.717) is 6.04 Å². The molecule has 0 aromatic carbocycles. The lowest BCUT2D eigenvalue weighted by Gasteiger charge is -2.20. The van der Waals surface area contributed by atoms with Crippen molar-refractivity contribution in [2.24, 2.45) is 5.92 Å². The maximum absolute atomic E-state index is 9.10. The molecule has 1 fully saturated rings. The van der Waals surface area contributed by atoms with E-state index in [1.807, 2.05) is 0 Å². The molecule has 1 N–H and O–H groups in total. The molecule has 1 aliphatic rings. The van der Waals surface area contributed by atoms with Gasteiger partial charge in [-0.05, 0) is 25.8 Å². The van der Waals surface area contributed by atoms with E-state index in [0.717, 1.165) is 13.0 Å². The van der Waals surface area contributed by atoms with E-state index >= 15 is 0 Å². The highest BCUT2D eigenvalue weighted by Crippen LogP contribution is 2.22. The zero-order valence-electron chi connectivity index (χ0n) is 9.97. The molecule has 15 heavy (non-hydrogen) atoms. The van der Waals surface area contributed by atoms with E-state index in [-0.39, 0.29) is 5.92 Å². The van der Waals surface area contributed by atoms with Gasteiger partial charge in [0.25, 0.3) is 0 Å². The summed E-state index contributed by atoms with van der Waals surface area (Å²) >= 11 is 0. The van der Waals surface area contributed by atoms with E-state index < -0.39 is 0 Å². The third-order valence-corrected chi connectivity index (χ3v) is 3.37. The first kappa shape index (κ1) is 12.5. The van der Waals surface area contributed by atoms with Crippen molar-refractivity contribution in [3.63, 3.8) is 0 Å². The Bertz CT molecular complexity index is 195. The van der Waals surface area contributed by atoms with Gasteiger partial charge in [-0.25, -0.2) is 0 Å². The molecule has 2 heteroatoms. The maximum atomic E-state index is 9.10. The van der Waals surface area contributed by atoms with Crippen LogP contribution in [0.5, 0.6) is 0 Å². The van der Waals surface area contributed by atoms with Crippen molar-refractivity contribution in [1.29, 1.82) is 5.26 Å². The second-order valence-corrected chi connectivity index (χ2v) is 4.64. The average Bonchev–Trinajstić information content (AvgIpc) is 2.49. The summed E-state index contributed by atoms with van der Waals surface area (Å²) in [7, 11) is 0. The van der Waals surface area contributed by atoms with Crippen molar-refractivity contribution in [1.82, 2.24) is 5.32 Å². The number of nitriles is 1. The molecule has 0 spiro atoms. The first-order valence-electron chi connectivity index (χ1n) is 6.51. The maximum Gasteiger partial charge on any atom is 0.0672 e. The van der Waals surface area contributed by atoms with Crippen molar-refractivity contribution in [2.45, 2.75) is 64.3 Å². The number of nitrogens with one attached hydrogen (secondary N) is 1. The Labute approximate surface area is 94.1 Å². The minimum Gasteiger partial charge on any atom is -0.313 e. The molecule has 0 aromatic heterocycles. The van der Waals surface area contributed by atoms with Crippen LogP contribution in [0.3, 0.4) is 0 Å². The molecule has 1 aliphatic carbocycles. The molecule has 86 valence electrons. The lowest BCUT2D eigenvalue weighted by atomic mass is 9.96. The second-order valence-electron chi connectivity index (χ2n) is 4.64. The molecule has 0 radical (unpaired) electrons. The van der Waals surface area contributed by atoms with Crippen LogP contribution in [0, 0.1) is 17.2 Å². The highest BCUT2D eigenvalue weighted by molar-refractivity contribution is 4.93. The van der Waals surface area contributed by atoms with Gasteiger partial charge in [-0.2, -0.15) is 5.26 Å². The van der Waals surface area contributed by atoms with Crippen molar-refractivity contribution in [2.75, 3.05) is 6.54 Å². The summed E-state index contributed by atoms with van der Waals surface area (Å²) in [6.07, 6.45) is 9.97. The quantitative estimate of drug-likeness (QED) is 0.556. The molecule has 0 amide bonds. The molecule has 2 nitrogen and oxygen atoms in total. The largest absolute Gasteiger partial charge is 0.313 e. The minimum atomic E-state index is 0.258. The Morgan fingerprint density at radius 2 is 2.00 bits per heavy atom. The van der Waals surface area contributed by atoms with Gasteiger partial charge in [-0.3, -0.25) is 0 Å². The van der Waals surface area contributed by atoms with Crippen LogP contribution in [0.2, 0.25) is 0 Å². The zero-order chi connectivity index (χ0) is 10.9. The Hall–Kier alpha value is -0.550. The van der Waals surface area contributed by atoms with E-state index in [2.05, 4.69) is 18.3 Å². The highest BCUT2D eigenvalue weighted by Gasteiger charge is 2.22. The van der Waals surface area contributed by atoms with E-state index in [1.165, 1.54) is 44.9 Å². The fraction of sp³-hybridized carbons (Fsp3) is 0.923. The summed E-state index contributed by atoms with van der Waals surface area (Å²) in [5.74, 6) is 0.258. The Morgan fingerprint density at radius 3 is 2.73 bits per heavy atom. The summed E-state index contributed by atoms with van der Waals surface area (Å²) < 4.78 is 0. The monoisotopic (exact) mass is 208 g/mol. The molecule has 0 saturated heterocycles. The molecule has 2 unspecified atom stereocenters.